The van der Waals surface area contributed by atoms with E-state index in [2.05, 4.69) is 52.0 Å². The molecule has 0 aliphatic heterocycles. The van der Waals surface area contributed by atoms with Crippen molar-refractivity contribution >= 4 is 21.7 Å². The summed E-state index contributed by atoms with van der Waals surface area (Å²) in [6, 6.07) is 6.55. The van der Waals surface area contributed by atoms with Crippen LogP contribution in [0.3, 0.4) is 0 Å². The third kappa shape index (κ3) is 6.03. The summed E-state index contributed by atoms with van der Waals surface area (Å²) in [5, 5.41) is 3.33. The molecule has 1 rings (SSSR count). The second-order valence-electron chi connectivity index (χ2n) is 4.55. The van der Waals surface area contributed by atoms with Crippen molar-refractivity contribution in [2.45, 2.75) is 32.7 Å². The van der Waals surface area contributed by atoms with Crippen LogP contribution in [0.4, 0.5) is 5.82 Å². The van der Waals surface area contributed by atoms with Crippen LogP contribution >= 0.6 is 15.9 Å². The molecular formula is C13H22BrN3. The molecule has 0 amide bonds. The molecule has 1 aromatic rings. The fourth-order valence-corrected chi connectivity index (χ4v) is 1.81. The SMILES string of the molecule is CC(C)N(C)CCCCNc1cccc(Br)n1. The van der Waals surface area contributed by atoms with Crippen molar-refractivity contribution in [1.29, 1.82) is 0 Å². The summed E-state index contributed by atoms with van der Waals surface area (Å²) in [5.74, 6) is 0.941. The Kier molecular flexibility index (Phi) is 6.52. The summed E-state index contributed by atoms with van der Waals surface area (Å²) >= 11 is 3.36. The zero-order valence-corrected chi connectivity index (χ0v) is 12.5. The molecule has 0 radical (unpaired) electrons. The average Bonchev–Trinajstić information content (AvgIpc) is 2.28. The minimum atomic E-state index is 0.634. The number of nitrogens with zero attached hydrogens (tertiary/aromatic N) is 2. The van der Waals surface area contributed by atoms with Crippen LogP contribution < -0.4 is 5.32 Å². The fraction of sp³-hybridized carbons (Fsp3) is 0.615. The Hall–Kier alpha value is -0.610. The van der Waals surface area contributed by atoms with Crippen molar-refractivity contribution in [3.8, 4) is 0 Å². The van der Waals surface area contributed by atoms with E-state index in [-0.39, 0.29) is 0 Å². The fourth-order valence-electron chi connectivity index (χ4n) is 1.47. The summed E-state index contributed by atoms with van der Waals surface area (Å²) in [4.78, 5) is 6.70. The second-order valence-corrected chi connectivity index (χ2v) is 5.37. The third-order valence-electron chi connectivity index (χ3n) is 2.84. The van der Waals surface area contributed by atoms with Crippen molar-refractivity contribution < 1.29 is 0 Å². The first-order valence-electron chi connectivity index (χ1n) is 6.16. The van der Waals surface area contributed by atoms with E-state index >= 15 is 0 Å². The van der Waals surface area contributed by atoms with Gasteiger partial charge in [-0.15, -0.1) is 0 Å². The molecule has 3 nitrogen and oxygen atoms in total. The highest BCUT2D eigenvalue weighted by Crippen LogP contribution is 2.10. The van der Waals surface area contributed by atoms with Gasteiger partial charge in [0, 0.05) is 12.6 Å². The van der Waals surface area contributed by atoms with Gasteiger partial charge in [0.2, 0.25) is 0 Å². The van der Waals surface area contributed by atoms with Crippen LogP contribution in [0.25, 0.3) is 0 Å². The molecule has 0 bridgehead atoms. The monoisotopic (exact) mass is 299 g/mol. The number of halogens is 1. The first kappa shape index (κ1) is 14.5. The van der Waals surface area contributed by atoms with Crippen LogP contribution in [0.1, 0.15) is 26.7 Å². The molecule has 0 aliphatic rings. The Morgan fingerprint density at radius 2 is 2.12 bits per heavy atom. The number of hydrogen-bond acceptors (Lipinski definition) is 3. The zero-order valence-electron chi connectivity index (χ0n) is 10.9. The topological polar surface area (TPSA) is 28.2 Å². The van der Waals surface area contributed by atoms with Gasteiger partial charge in [-0.2, -0.15) is 0 Å². The summed E-state index contributed by atoms with van der Waals surface area (Å²) in [6.07, 6.45) is 2.39. The van der Waals surface area contributed by atoms with Gasteiger partial charge in [0.15, 0.2) is 0 Å². The van der Waals surface area contributed by atoms with E-state index in [9.17, 15) is 0 Å². The van der Waals surface area contributed by atoms with E-state index in [0.29, 0.717) is 6.04 Å². The molecule has 1 heterocycles. The van der Waals surface area contributed by atoms with Gasteiger partial charge < -0.3 is 10.2 Å². The number of anilines is 1. The lowest BCUT2D eigenvalue weighted by Crippen LogP contribution is -2.27. The van der Waals surface area contributed by atoms with E-state index in [1.54, 1.807) is 0 Å². The molecule has 0 spiro atoms. The van der Waals surface area contributed by atoms with Crippen molar-refractivity contribution in [1.82, 2.24) is 9.88 Å². The van der Waals surface area contributed by atoms with Gasteiger partial charge in [-0.25, -0.2) is 4.98 Å². The van der Waals surface area contributed by atoms with Gasteiger partial charge in [-0.1, -0.05) is 6.07 Å². The van der Waals surface area contributed by atoms with Gasteiger partial charge in [-0.3, -0.25) is 0 Å². The number of nitrogens with one attached hydrogen (secondary N) is 1. The number of rotatable bonds is 7. The van der Waals surface area contributed by atoms with Crippen LogP contribution in [0.2, 0.25) is 0 Å². The van der Waals surface area contributed by atoms with Gasteiger partial charge >= 0.3 is 0 Å². The molecule has 96 valence electrons. The predicted molar refractivity (Wildman–Crippen MR) is 77.4 cm³/mol. The van der Waals surface area contributed by atoms with Crippen molar-refractivity contribution in [3.05, 3.63) is 22.8 Å². The summed E-state index contributed by atoms with van der Waals surface area (Å²) in [6.45, 7) is 6.59. The van der Waals surface area contributed by atoms with Gasteiger partial charge in [0.05, 0.1) is 0 Å². The Bertz CT molecular complexity index is 328. The molecule has 1 aromatic heterocycles. The van der Waals surface area contributed by atoms with Gasteiger partial charge in [-0.05, 0) is 68.3 Å². The van der Waals surface area contributed by atoms with Crippen LogP contribution in [-0.4, -0.2) is 36.1 Å². The highest BCUT2D eigenvalue weighted by molar-refractivity contribution is 9.10. The zero-order chi connectivity index (χ0) is 12.7. The quantitative estimate of drug-likeness (QED) is 0.618. The Labute approximate surface area is 113 Å². The Morgan fingerprint density at radius 3 is 2.76 bits per heavy atom. The Morgan fingerprint density at radius 1 is 1.35 bits per heavy atom. The molecule has 0 unspecified atom stereocenters. The van der Waals surface area contributed by atoms with Crippen LogP contribution in [0.15, 0.2) is 22.8 Å². The standard InChI is InChI=1S/C13H22BrN3/c1-11(2)17(3)10-5-4-9-15-13-8-6-7-12(14)16-13/h6-8,11H,4-5,9-10H2,1-3H3,(H,15,16). The lowest BCUT2D eigenvalue weighted by atomic mass is 10.2. The minimum Gasteiger partial charge on any atom is -0.370 e. The lowest BCUT2D eigenvalue weighted by molar-refractivity contribution is 0.269. The molecule has 0 saturated carbocycles. The van der Waals surface area contributed by atoms with E-state index in [0.717, 1.165) is 23.5 Å². The summed E-state index contributed by atoms with van der Waals surface area (Å²) in [7, 11) is 2.17. The average molecular weight is 300 g/mol. The molecule has 0 aromatic carbocycles. The van der Waals surface area contributed by atoms with Crippen LogP contribution in [0, 0.1) is 0 Å². The molecule has 0 atom stereocenters. The first-order chi connectivity index (χ1) is 8.09. The molecular weight excluding hydrogens is 278 g/mol. The molecule has 0 fully saturated rings. The minimum absolute atomic E-state index is 0.634. The number of aromatic nitrogens is 1. The largest absolute Gasteiger partial charge is 0.370 e. The van der Waals surface area contributed by atoms with Crippen LogP contribution in [0.5, 0.6) is 0 Å². The normalized spacial score (nSPS) is 11.2. The van der Waals surface area contributed by atoms with E-state index in [4.69, 9.17) is 0 Å². The Balaban J connectivity index is 2.12. The van der Waals surface area contributed by atoms with Crippen molar-refractivity contribution in [2.24, 2.45) is 0 Å². The third-order valence-corrected chi connectivity index (χ3v) is 3.28. The molecule has 0 saturated heterocycles. The molecule has 1 N–H and O–H groups in total. The highest BCUT2D eigenvalue weighted by Gasteiger charge is 2.01. The number of unbranched alkanes of at least 4 members (excludes halogenated alkanes) is 1. The molecule has 4 heteroatoms. The van der Waals surface area contributed by atoms with Crippen molar-refractivity contribution in [2.75, 3.05) is 25.5 Å². The molecule has 0 aliphatic carbocycles. The van der Waals surface area contributed by atoms with E-state index in [1.165, 1.54) is 12.8 Å². The summed E-state index contributed by atoms with van der Waals surface area (Å²) in [5.41, 5.74) is 0. The molecule has 17 heavy (non-hydrogen) atoms. The maximum Gasteiger partial charge on any atom is 0.127 e. The first-order valence-corrected chi connectivity index (χ1v) is 6.95. The highest BCUT2D eigenvalue weighted by atomic mass is 79.9. The smallest absolute Gasteiger partial charge is 0.127 e. The predicted octanol–water partition coefficient (Wildman–Crippen LogP) is 3.38. The lowest BCUT2D eigenvalue weighted by Gasteiger charge is -2.20. The van der Waals surface area contributed by atoms with E-state index in [1.807, 2.05) is 18.2 Å². The number of pyridine rings is 1. The maximum absolute atomic E-state index is 4.33. The van der Waals surface area contributed by atoms with Gasteiger partial charge in [0.1, 0.15) is 10.4 Å². The number of hydrogen-bond donors (Lipinski definition) is 1. The van der Waals surface area contributed by atoms with Crippen molar-refractivity contribution in [3.63, 3.8) is 0 Å². The maximum atomic E-state index is 4.33. The van der Waals surface area contributed by atoms with Gasteiger partial charge in [0.25, 0.3) is 0 Å². The summed E-state index contributed by atoms with van der Waals surface area (Å²) < 4.78 is 0.877. The van der Waals surface area contributed by atoms with Crippen LogP contribution in [-0.2, 0) is 0 Å². The van der Waals surface area contributed by atoms with E-state index < -0.39 is 0 Å². The second kappa shape index (κ2) is 7.67.